The van der Waals surface area contributed by atoms with Gasteiger partial charge in [-0.15, -0.1) is 0 Å². The Bertz CT molecular complexity index is 255. The van der Waals surface area contributed by atoms with Crippen molar-refractivity contribution in [2.45, 2.75) is 30.6 Å². The van der Waals surface area contributed by atoms with Gasteiger partial charge in [0.2, 0.25) is 0 Å². The zero-order valence-corrected chi connectivity index (χ0v) is 14.2. The fourth-order valence-corrected chi connectivity index (χ4v) is 2.28. The molecule has 0 aliphatic heterocycles. The first-order chi connectivity index (χ1) is 9.94. The van der Waals surface area contributed by atoms with Crippen molar-refractivity contribution < 1.29 is 37.9 Å². The van der Waals surface area contributed by atoms with E-state index in [0.29, 0.717) is 0 Å². The molecule has 0 atom stereocenters. The highest BCUT2D eigenvalue weighted by atomic mass is 16.9. The van der Waals surface area contributed by atoms with Gasteiger partial charge in [-0.2, -0.15) is 0 Å². The topological polar surface area (TPSA) is 73.8 Å². The molecule has 8 nitrogen and oxygen atoms in total. The molecule has 128 valence electrons. The van der Waals surface area contributed by atoms with Crippen LogP contribution in [-0.4, -0.2) is 74.6 Å². The van der Waals surface area contributed by atoms with Crippen LogP contribution in [0.2, 0.25) is 0 Å². The minimum atomic E-state index is -1.56. The molecule has 0 heterocycles. The Morgan fingerprint density at radius 1 is 0.476 bits per heavy atom. The van der Waals surface area contributed by atoms with E-state index in [0.717, 1.165) is 0 Å². The SMILES string of the molecule is COC(CCC(OC)(OC)C(OC)(OC)OC)(OC)OC. The smallest absolute Gasteiger partial charge is 0.339 e. The number of hydrogen-bond donors (Lipinski definition) is 0. The number of rotatable bonds is 12. The first-order valence-corrected chi connectivity index (χ1v) is 6.36. The zero-order valence-electron chi connectivity index (χ0n) is 14.2. The van der Waals surface area contributed by atoms with Crippen LogP contribution in [0.1, 0.15) is 12.8 Å². The van der Waals surface area contributed by atoms with Crippen LogP contribution in [0.15, 0.2) is 0 Å². The van der Waals surface area contributed by atoms with Crippen LogP contribution in [0, 0.1) is 0 Å². The average Bonchev–Trinajstić information content (AvgIpc) is 2.56. The largest absolute Gasteiger partial charge is 0.347 e. The molecule has 0 aromatic rings. The lowest BCUT2D eigenvalue weighted by atomic mass is 10.1. The minimum Gasteiger partial charge on any atom is -0.347 e. The van der Waals surface area contributed by atoms with E-state index in [-0.39, 0.29) is 12.8 Å². The van der Waals surface area contributed by atoms with Gasteiger partial charge in [-0.3, -0.25) is 0 Å². The number of methoxy groups -OCH3 is 8. The van der Waals surface area contributed by atoms with Crippen molar-refractivity contribution in [2.75, 3.05) is 56.9 Å². The standard InChI is InChI=1S/C13H28O8/c1-14-11(15-2,13(19-6,20-7)21-8)9-10-12(16-3,17-4)18-5/h9-10H2,1-8H3. The van der Waals surface area contributed by atoms with Gasteiger partial charge < -0.3 is 37.9 Å². The molecule has 0 amide bonds. The van der Waals surface area contributed by atoms with Crippen LogP contribution >= 0.6 is 0 Å². The van der Waals surface area contributed by atoms with Crippen molar-refractivity contribution in [1.29, 1.82) is 0 Å². The van der Waals surface area contributed by atoms with Crippen molar-refractivity contribution in [3.05, 3.63) is 0 Å². The van der Waals surface area contributed by atoms with Crippen LogP contribution in [-0.2, 0) is 37.9 Å². The maximum absolute atomic E-state index is 5.49. The molecule has 0 N–H and O–H groups in total. The summed E-state index contributed by atoms with van der Waals surface area (Å²) in [6, 6.07) is 0. The van der Waals surface area contributed by atoms with Crippen molar-refractivity contribution in [3.8, 4) is 0 Å². The van der Waals surface area contributed by atoms with Gasteiger partial charge in [0.1, 0.15) is 0 Å². The van der Waals surface area contributed by atoms with Crippen molar-refractivity contribution in [2.24, 2.45) is 0 Å². The molecule has 0 saturated carbocycles. The Hall–Kier alpha value is -0.320. The van der Waals surface area contributed by atoms with E-state index in [1.165, 1.54) is 56.9 Å². The first-order valence-electron chi connectivity index (χ1n) is 6.36. The third-order valence-electron chi connectivity index (χ3n) is 3.63. The highest BCUT2D eigenvalue weighted by molar-refractivity contribution is 4.83. The third-order valence-corrected chi connectivity index (χ3v) is 3.63. The van der Waals surface area contributed by atoms with Gasteiger partial charge in [0, 0.05) is 69.7 Å². The van der Waals surface area contributed by atoms with Crippen LogP contribution < -0.4 is 0 Å². The van der Waals surface area contributed by atoms with Crippen molar-refractivity contribution >= 4 is 0 Å². The molecule has 0 radical (unpaired) electrons. The first kappa shape index (κ1) is 20.7. The Kier molecular flexibility index (Phi) is 8.83. The second-order valence-corrected chi connectivity index (χ2v) is 4.13. The normalized spacial score (nSPS) is 13.7. The maximum atomic E-state index is 5.49. The summed E-state index contributed by atoms with van der Waals surface area (Å²) >= 11 is 0. The van der Waals surface area contributed by atoms with E-state index < -0.39 is 17.7 Å². The van der Waals surface area contributed by atoms with Gasteiger partial charge in [0.15, 0.2) is 0 Å². The van der Waals surface area contributed by atoms with Crippen LogP contribution in [0.3, 0.4) is 0 Å². The quantitative estimate of drug-likeness (QED) is 0.493. The van der Waals surface area contributed by atoms with Crippen LogP contribution in [0.5, 0.6) is 0 Å². The lowest BCUT2D eigenvalue weighted by molar-refractivity contribution is -0.480. The van der Waals surface area contributed by atoms with E-state index in [1.54, 1.807) is 0 Å². The molecule has 0 aliphatic carbocycles. The van der Waals surface area contributed by atoms with Crippen molar-refractivity contribution in [3.63, 3.8) is 0 Å². The molecular weight excluding hydrogens is 284 g/mol. The summed E-state index contributed by atoms with van der Waals surface area (Å²) in [6.45, 7) is 0. The van der Waals surface area contributed by atoms with Gasteiger partial charge in [-0.1, -0.05) is 0 Å². The molecule has 0 unspecified atom stereocenters. The summed E-state index contributed by atoms with van der Waals surface area (Å²) in [5.74, 6) is -4.15. The molecule has 0 aromatic heterocycles. The number of hydrogen-bond acceptors (Lipinski definition) is 8. The lowest BCUT2D eigenvalue weighted by Gasteiger charge is -2.45. The third kappa shape index (κ3) is 3.91. The summed E-state index contributed by atoms with van der Waals surface area (Å²) in [4.78, 5) is 0. The molecule has 0 bridgehead atoms. The van der Waals surface area contributed by atoms with Gasteiger partial charge >= 0.3 is 5.97 Å². The molecule has 0 aromatic carbocycles. The van der Waals surface area contributed by atoms with Gasteiger partial charge in [-0.05, 0) is 0 Å². The Labute approximate surface area is 126 Å². The molecule has 0 rings (SSSR count). The Balaban J connectivity index is 5.39. The second kappa shape index (κ2) is 8.96. The van der Waals surface area contributed by atoms with Crippen molar-refractivity contribution in [1.82, 2.24) is 0 Å². The van der Waals surface area contributed by atoms with E-state index in [2.05, 4.69) is 0 Å². The Morgan fingerprint density at radius 2 is 0.857 bits per heavy atom. The summed E-state index contributed by atoms with van der Waals surface area (Å²) < 4.78 is 42.7. The fourth-order valence-electron chi connectivity index (χ4n) is 2.28. The molecular formula is C13H28O8. The van der Waals surface area contributed by atoms with Crippen LogP contribution in [0.25, 0.3) is 0 Å². The maximum Gasteiger partial charge on any atom is 0.339 e. The molecule has 21 heavy (non-hydrogen) atoms. The number of ether oxygens (including phenoxy) is 8. The highest BCUT2D eigenvalue weighted by Gasteiger charge is 2.57. The summed E-state index contributed by atoms with van der Waals surface area (Å²) in [7, 11) is 11.6. The van der Waals surface area contributed by atoms with Gasteiger partial charge in [-0.25, -0.2) is 0 Å². The van der Waals surface area contributed by atoms with E-state index in [1.807, 2.05) is 0 Å². The monoisotopic (exact) mass is 312 g/mol. The molecule has 0 aliphatic rings. The van der Waals surface area contributed by atoms with Gasteiger partial charge in [0.05, 0.1) is 0 Å². The van der Waals surface area contributed by atoms with E-state index in [4.69, 9.17) is 37.9 Å². The summed E-state index contributed by atoms with van der Waals surface area (Å²) in [6.07, 6.45) is 0.515. The van der Waals surface area contributed by atoms with Crippen LogP contribution in [0.4, 0.5) is 0 Å². The fraction of sp³-hybridized carbons (Fsp3) is 1.00. The summed E-state index contributed by atoms with van der Waals surface area (Å²) in [5.41, 5.74) is 0. The molecule has 0 spiro atoms. The predicted octanol–water partition coefficient (Wildman–Crippen LogP) is 0.942. The van der Waals surface area contributed by atoms with E-state index in [9.17, 15) is 0 Å². The second-order valence-electron chi connectivity index (χ2n) is 4.13. The van der Waals surface area contributed by atoms with E-state index >= 15 is 0 Å². The Morgan fingerprint density at radius 3 is 1.10 bits per heavy atom. The highest BCUT2D eigenvalue weighted by Crippen LogP contribution is 2.38. The zero-order chi connectivity index (χ0) is 16.6. The lowest BCUT2D eigenvalue weighted by Crippen LogP contribution is -2.61. The molecule has 0 saturated heterocycles. The minimum absolute atomic E-state index is 0.241. The molecule has 8 heteroatoms. The summed E-state index contributed by atoms with van der Waals surface area (Å²) in [5, 5.41) is 0. The average molecular weight is 312 g/mol. The van der Waals surface area contributed by atoms with Gasteiger partial charge in [0.25, 0.3) is 11.8 Å². The molecule has 0 fully saturated rings. The predicted molar refractivity (Wildman–Crippen MR) is 73.5 cm³/mol.